The molecule has 2 aromatic rings. The average molecular weight is 310 g/mol. The summed E-state index contributed by atoms with van der Waals surface area (Å²) in [6, 6.07) is 6.32. The number of rotatable bonds is 3. The third-order valence-electron chi connectivity index (χ3n) is 2.77. The van der Waals surface area contributed by atoms with Crippen molar-refractivity contribution in [3.05, 3.63) is 36.0 Å². The number of anilines is 2. The van der Waals surface area contributed by atoms with Crippen molar-refractivity contribution in [2.45, 2.75) is 11.8 Å². The Balaban J connectivity index is 2.03. The minimum Gasteiger partial charge on any atom is -0.308 e. The van der Waals surface area contributed by atoms with Crippen LogP contribution in [0.25, 0.3) is 0 Å². The zero-order valence-electron chi connectivity index (χ0n) is 11.4. The molecule has 2 rings (SSSR count). The highest BCUT2D eigenvalue weighted by atomic mass is 32.2. The van der Waals surface area contributed by atoms with Gasteiger partial charge in [0.15, 0.2) is 5.82 Å². The summed E-state index contributed by atoms with van der Waals surface area (Å²) in [4.78, 5) is 11.5. The van der Waals surface area contributed by atoms with Gasteiger partial charge in [0.2, 0.25) is 0 Å². The number of nitrogens with zero attached hydrogens (tertiary/aromatic N) is 2. The topological polar surface area (TPSA) is 113 Å². The van der Waals surface area contributed by atoms with Gasteiger partial charge in [0.05, 0.1) is 4.90 Å². The Labute approximate surface area is 121 Å². The summed E-state index contributed by atoms with van der Waals surface area (Å²) in [7, 11) is -2.48. The standard InChI is InChI=1S/C12H14N4O4S/c1-8-7-11(15-16(8)2)14-12(17)13-9-3-5-10(6-4-9)21(18,19)20/h3-7H,1-2H3,(H,18,19,20)(H2,13,14,15,17). The molecule has 0 aliphatic heterocycles. The van der Waals surface area contributed by atoms with Gasteiger partial charge in [-0.3, -0.25) is 14.6 Å². The number of aryl methyl sites for hydroxylation is 2. The zero-order chi connectivity index (χ0) is 15.6. The van der Waals surface area contributed by atoms with Gasteiger partial charge >= 0.3 is 6.03 Å². The van der Waals surface area contributed by atoms with E-state index in [1.807, 2.05) is 6.92 Å². The zero-order valence-corrected chi connectivity index (χ0v) is 12.2. The molecule has 1 aromatic heterocycles. The lowest BCUT2D eigenvalue weighted by Crippen LogP contribution is -2.19. The molecule has 3 N–H and O–H groups in total. The lowest BCUT2D eigenvalue weighted by atomic mass is 10.3. The molecule has 0 aliphatic carbocycles. The van der Waals surface area contributed by atoms with Crippen LogP contribution < -0.4 is 10.6 Å². The van der Waals surface area contributed by atoms with Crippen molar-refractivity contribution < 1.29 is 17.8 Å². The second-order valence-electron chi connectivity index (χ2n) is 4.37. The average Bonchev–Trinajstić information content (AvgIpc) is 2.67. The van der Waals surface area contributed by atoms with E-state index in [2.05, 4.69) is 15.7 Å². The molecule has 21 heavy (non-hydrogen) atoms. The van der Waals surface area contributed by atoms with Crippen LogP contribution in [-0.2, 0) is 17.2 Å². The van der Waals surface area contributed by atoms with Crippen LogP contribution in [0.1, 0.15) is 5.69 Å². The van der Waals surface area contributed by atoms with Crippen molar-refractivity contribution in [3.63, 3.8) is 0 Å². The van der Waals surface area contributed by atoms with Gasteiger partial charge < -0.3 is 5.32 Å². The number of hydrogen-bond acceptors (Lipinski definition) is 4. The number of carbonyl (C=O) groups is 1. The van der Waals surface area contributed by atoms with Crippen LogP contribution in [0.3, 0.4) is 0 Å². The van der Waals surface area contributed by atoms with Gasteiger partial charge in [-0.15, -0.1) is 0 Å². The molecule has 1 aromatic carbocycles. The number of aromatic nitrogens is 2. The first-order valence-electron chi connectivity index (χ1n) is 5.92. The monoisotopic (exact) mass is 310 g/mol. The first-order chi connectivity index (χ1) is 9.75. The van der Waals surface area contributed by atoms with Crippen LogP contribution >= 0.6 is 0 Å². The molecule has 8 nitrogen and oxygen atoms in total. The Morgan fingerprint density at radius 1 is 1.24 bits per heavy atom. The third kappa shape index (κ3) is 3.80. The van der Waals surface area contributed by atoms with Crippen LogP contribution in [-0.4, -0.2) is 28.8 Å². The van der Waals surface area contributed by atoms with E-state index in [9.17, 15) is 13.2 Å². The van der Waals surface area contributed by atoms with Crippen LogP contribution in [0.5, 0.6) is 0 Å². The molecule has 0 fully saturated rings. The van der Waals surface area contributed by atoms with Crippen LogP contribution in [0.2, 0.25) is 0 Å². The maximum absolute atomic E-state index is 11.7. The smallest absolute Gasteiger partial charge is 0.308 e. The summed E-state index contributed by atoms with van der Waals surface area (Å²) >= 11 is 0. The summed E-state index contributed by atoms with van der Waals surface area (Å²) in [5.74, 6) is 0.405. The number of urea groups is 1. The van der Waals surface area contributed by atoms with E-state index >= 15 is 0 Å². The molecule has 0 bridgehead atoms. The number of carbonyl (C=O) groups excluding carboxylic acids is 1. The van der Waals surface area contributed by atoms with Crippen molar-refractivity contribution >= 4 is 27.7 Å². The van der Waals surface area contributed by atoms with E-state index in [-0.39, 0.29) is 4.90 Å². The summed E-state index contributed by atoms with van der Waals surface area (Å²) in [6.07, 6.45) is 0. The van der Waals surface area contributed by atoms with Crippen molar-refractivity contribution in [1.82, 2.24) is 9.78 Å². The molecule has 0 radical (unpaired) electrons. The van der Waals surface area contributed by atoms with E-state index in [1.165, 1.54) is 24.3 Å². The SMILES string of the molecule is Cc1cc(NC(=O)Nc2ccc(S(=O)(=O)O)cc2)nn1C. The molecule has 0 unspecified atom stereocenters. The predicted octanol–water partition coefficient (Wildman–Crippen LogP) is 1.62. The molecule has 0 spiro atoms. The minimum absolute atomic E-state index is 0.242. The normalized spacial score (nSPS) is 11.2. The molecular weight excluding hydrogens is 296 g/mol. The van der Waals surface area contributed by atoms with Gasteiger partial charge in [0, 0.05) is 24.5 Å². The fourth-order valence-corrected chi connectivity index (χ4v) is 2.09. The maximum Gasteiger partial charge on any atom is 0.324 e. The van der Waals surface area contributed by atoms with Gasteiger partial charge in [-0.25, -0.2) is 4.79 Å². The molecular formula is C12H14N4O4S. The predicted molar refractivity (Wildman–Crippen MR) is 76.8 cm³/mol. The molecule has 0 saturated heterocycles. The highest BCUT2D eigenvalue weighted by molar-refractivity contribution is 7.85. The second-order valence-corrected chi connectivity index (χ2v) is 5.79. The van der Waals surface area contributed by atoms with Crippen molar-refractivity contribution in [2.24, 2.45) is 7.05 Å². The van der Waals surface area contributed by atoms with Crippen molar-refractivity contribution in [2.75, 3.05) is 10.6 Å². The summed E-state index contributed by atoms with van der Waals surface area (Å²) in [5, 5.41) is 9.14. The lowest BCUT2D eigenvalue weighted by Gasteiger charge is -2.06. The number of benzene rings is 1. The fraction of sp³-hybridized carbons (Fsp3) is 0.167. The first kappa shape index (κ1) is 15.0. The largest absolute Gasteiger partial charge is 0.324 e. The Morgan fingerprint density at radius 2 is 1.86 bits per heavy atom. The van der Waals surface area contributed by atoms with E-state index in [0.717, 1.165) is 5.69 Å². The molecule has 1 heterocycles. The second kappa shape index (κ2) is 5.54. The van der Waals surface area contributed by atoms with E-state index in [0.29, 0.717) is 11.5 Å². The van der Waals surface area contributed by atoms with Gasteiger partial charge in [0.25, 0.3) is 10.1 Å². The number of nitrogens with one attached hydrogen (secondary N) is 2. The van der Waals surface area contributed by atoms with Crippen LogP contribution in [0, 0.1) is 6.92 Å². The number of amides is 2. The highest BCUT2D eigenvalue weighted by Crippen LogP contribution is 2.14. The lowest BCUT2D eigenvalue weighted by molar-refractivity contribution is 0.262. The summed E-state index contributed by atoms with van der Waals surface area (Å²) < 4.78 is 32.2. The van der Waals surface area contributed by atoms with Gasteiger partial charge in [-0.05, 0) is 31.2 Å². The van der Waals surface area contributed by atoms with Crippen LogP contribution in [0.15, 0.2) is 35.2 Å². The van der Waals surface area contributed by atoms with E-state index in [1.54, 1.807) is 17.8 Å². The Bertz CT molecular complexity index is 746. The molecule has 0 aliphatic rings. The van der Waals surface area contributed by atoms with Gasteiger partial charge in [-0.1, -0.05) is 0 Å². The van der Waals surface area contributed by atoms with Crippen molar-refractivity contribution in [1.29, 1.82) is 0 Å². The molecule has 112 valence electrons. The number of hydrogen-bond donors (Lipinski definition) is 3. The first-order valence-corrected chi connectivity index (χ1v) is 7.36. The Morgan fingerprint density at radius 3 is 2.33 bits per heavy atom. The molecule has 9 heteroatoms. The van der Waals surface area contributed by atoms with E-state index < -0.39 is 16.1 Å². The third-order valence-corrected chi connectivity index (χ3v) is 3.63. The van der Waals surface area contributed by atoms with E-state index in [4.69, 9.17) is 4.55 Å². The van der Waals surface area contributed by atoms with Gasteiger partial charge in [0.1, 0.15) is 0 Å². The summed E-state index contributed by atoms with van der Waals surface area (Å²) in [6.45, 7) is 1.85. The molecule has 2 amide bonds. The summed E-state index contributed by atoms with van der Waals surface area (Å²) in [5.41, 5.74) is 1.27. The minimum atomic E-state index is -4.24. The Hall–Kier alpha value is -2.39. The quantitative estimate of drug-likeness (QED) is 0.745. The van der Waals surface area contributed by atoms with Crippen molar-refractivity contribution in [3.8, 4) is 0 Å². The molecule has 0 atom stereocenters. The van der Waals surface area contributed by atoms with Crippen LogP contribution in [0.4, 0.5) is 16.3 Å². The fourth-order valence-electron chi connectivity index (χ4n) is 1.61. The highest BCUT2D eigenvalue weighted by Gasteiger charge is 2.10. The molecule has 0 saturated carbocycles. The Kier molecular flexibility index (Phi) is 3.96. The maximum atomic E-state index is 11.7. The van der Waals surface area contributed by atoms with Gasteiger partial charge in [-0.2, -0.15) is 13.5 Å².